The van der Waals surface area contributed by atoms with Crippen LogP contribution in [0.4, 0.5) is 0 Å². The second kappa shape index (κ2) is 7.79. The molecule has 0 spiro atoms. The molecule has 7 nitrogen and oxygen atoms in total. The summed E-state index contributed by atoms with van der Waals surface area (Å²) in [6.45, 7) is 0. The molecule has 0 heterocycles. The molecular weight excluding hydrogens is 378 g/mol. The van der Waals surface area contributed by atoms with Crippen LogP contribution in [0.5, 0.6) is 0 Å². The zero-order chi connectivity index (χ0) is 20.3. The number of nitrogens with one attached hydrogen (secondary N) is 2. The first-order valence-corrected chi connectivity index (χ1v) is 9.92. The number of carboxylic acids is 1. The molecule has 5 N–H and O–H groups in total. The van der Waals surface area contributed by atoms with E-state index in [4.69, 9.17) is 11.1 Å². The maximum absolute atomic E-state index is 12.9. The summed E-state index contributed by atoms with van der Waals surface area (Å²) >= 11 is 0. The Balaban J connectivity index is 1.92. The van der Waals surface area contributed by atoms with Crippen LogP contribution in [-0.4, -0.2) is 31.4 Å². The first-order valence-electron chi connectivity index (χ1n) is 8.44. The predicted molar refractivity (Wildman–Crippen MR) is 107 cm³/mol. The molecule has 3 aromatic carbocycles. The Labute approximate surface area is 162 Å². The molecule has 0 saturated carbocycles. The SMILES string of the molecule is N=C(N)c1cccc(C[C@H](NS(=O)(=O)c2cccc3ccccc23)C(=O)O)c1. The second-order valence-corrected chi connectivity index (χ2v) is 7.99. The summed E-state index contributed by atoms with van der Waals surface area (Å²) in [4.78, 5) is 11.7. The predicted octanol–water partition coefficient (Wildman–Crippen LogP) is 2.10. The summed E-state index contributed by atoms with van der Waals surface area (Å²) in [6.07, 6.45) is -0.0829. The molecule has 28 heavy (non-hydrogen) atoms. The number of aliphatic carboxylic acids is 1. The van der Waals surface area contributed by atoms with Gasteiger partial charge in [-0.05, 0) is 29.5 Å². The highest BCUT2D eigenvalue weighted by atomic mass is 32.2. The standard InChI is InChI=1S/C20H19N3O4S/c21-19(22)15-8-3-5-13(11-15)12-17(20(24)25)23-28(26,27)18-10-4-7-14-6-1-2-9-16(14)18/h1-11,17,23H,12H2,(H3,21,22)(H,24,25)/t17-/m0/s1. The zero-order valence-corrected chi connectivity index (χ0v) is 15.6. The van der Waals surface area contributed by atoms with Gasteiger partial charge in [0.25, 0.3) is 0 Å². The normalized spacial score (nSPS) is 12.6. The van der Waals surface area contributed by atoms with E-state index in [0.29, 0.717) is 16.5 Å². The number of carbonyl (C=O) groups is 1. The number of benzene rings is 3. The van der Waals surface area contributed by atoms with Crippen LogP contribution in [-0.2, 0) is 21.2 Å². The molecule has 0 amide bonds. The number of rotatable bonds is 7. The first-order chi connectivity index (χ1) is 13.3. The molecule has 0 aliphatic carbocycles. The van der Waals surface area contributed by atoms with Crippen molar-refractivity contribution in [2.45, 2.75) is 17.4 Å². The van der Waals surface area contributed by atoms with Crippen LogP contribution in [0.1, 0.15) is 11.1 Å². The first kappa shape index (κ1) is 19.5. The molecular formula is C20H19N3O4S. The molecule has 3 aromatic rings. The van der Waals surface area contributed by atoms with Crippen molar-refractivity contribution in [1.29, 1.82) is 5.41 Å². The van der Waals surface area contributed by atoms with Gasteiger partial charge in [0.15, 0.2) is 0 Å². The number of sulfonamides is 1. The highest BCUT2D eigenvalue weighted by molar-refractivity contribution is 7.89. The third kappa shape index (κ3) is 4.19. The van der Waals surface area contributed by atoms with Crippen molar-refractivity contribution in [3.63, 3.8) is 0 Å². The molecule has 0 aromatic heterocycles. The van der Waals surface area contributed by atoms with E-state index >= 15 is 0 Å². The Morgan fingerprint density at radius 3 is 2.46 bits per heavy atom. The molecule has 3 rings (SSSR count). The largest absolute Gasteiger partial charge is 0.480 e. The molecule has 8 heteroatoms. The fraction of sp³-hybridized carbons (Fsp3) is 0.100. The van der Waals surface area contributed by atoms with Gasteiger partial charge >= 0.3 is 5.97 Å². The minimum Gasteiger partial charge on any atom is -0.480 e. The summed E-state index contributed by atoms with van der Waals surface area (Å²) in [5, 5.41) is 18.3. The van der Waals surface area contributed by atoms with Crippen LogP contribution in [0.25, 0.3) is 10.8 Å². The van der Waals surface area contributed by atoms with E-state index in [2.05, 4.69) is 4.72 Å². The summed E-state index contributed by atoms with van der Waals surface area (Å²) in [5.41, 5.74) is 6.46. The Bertz CT molecular complexity index is 1150. The van der Waals surface area contributed by atoms with Gasteiger partial charge in [0.05, 0.1) is 4.90 Å². The lowest BCUT2D eigenvalue weighted by molar-refractivity contribution is -0.138. The van der Waals surface area contributed by atoms with E-state index in [-0.39, 0.29) is 17.2 Å². The van der Waals surface area contributed by atoms with Gasteiger partial charge in [0, 0.05) is 10.9 Å². The summed E-state index contributed by atoms with van der Waals surface area (Å²) in [5.74, 6) is -1.44. The molecule has 1 atom stereocenters. The third-order valence-electron chi connectivity index (χ3n) is 4.31. The average molecular weight is 397 g/mol. The van der Waals surface area contributed by atoms with Gasteiger partial charge < -0.3 is 10.8 Å². The van der Waals surface area contributed by atoms with Gasteiger partial charge in [-0.25, -0.2) is 8.42 Å². The van der Waals surface area contributed by atoms with Crippen molar-refractivity contribution < 1.29 is 18.3 Å². The summed E-state index contributed by atoms with van der Waals surface area (Å²) < 4.78 is 28.1. The smallest absolute Gasteiger partial charge is 0.322 e. The lowest BCUT2D eigenvalue weighted by Gasteiger charge is -2.16. The number of carboxylic acid groups (broad SMARTS) is 1. The lowest BCUT2D eigenvalue weighted by Crippen LogP contribution is -2.42. The number of hydrogen-bond acceptors (Lipinski definition) is 4. The minimum atomic E-state index is -4.08. The molecule has 144 valence electrons. The van der Waals surface area contributed by atoms with Crippen LogP contribution in [0.3, 0.4) is 0 Å². The van der Waals surface area contributed by atoms with Crippen LogP contribution in [0.2, 0.25) is 0 Å². The van der Waals surface area contributed by atoms with Crippen molar-refractivity contribution in [2.24, 2.45) is 5.73 Å². The quantitative estimate of drug-likeness (QED) is 0.358. The maximum Gasteiger partial charge on any atom is 0.322 e. The maximum atomic E-state index is 12.9. The van der Waals surface area contributed by atoms with Gasteiger partial charge in [0.2, 0.25) is 10.0 Å². The van der Waals surface area contributed by atoms with Crippen LogP contribution >= 0.6 is 0 Å². The van der Waals surface area contributed by atoms with Gasteiger partial charge in [-0.1, -0.05) is 54.6 Å². The van der Waals surface area contributed by atoms with Crippen molar-refractivity contribution in [3.8, 4) is 0 Å². The van der Waals surface area contributed by atoms with Gasteiger partial charge in [-0.15, -0.1) is 0 Å². The number of hydrogen-bond donors (Lipinski definition) is 4. The van der Waals surface area contributed by atoms with E-state index in [1.54, 1.807) is 60.7 Å². The van der Waals surface area contributed by atoms with Crippen LogP contribution in [0.15, 0.2) is 71.6 Å². The molecule has 0 saturated heterocycles. The van der Waals surface area contributed by atoms with Crippen LogP contribution in [0, 0.1) is 5.41 Å². The van der Waals surface area contributed by atoms with E-state index in [9.17, 15) is 18.3 Å². The van der Waals surface area contributed by atoms with Gasteiger partial charge in [0.1, 0.15) is 11.9 Å². The van der Waals surface area contributed by atoms with E-state index in [1.807, 2.05) is 0 Å². The Morgan fingerprint density at radius 1 is 1.07 bits per heavy atom. The fourth-order valence-electron chi connectivity index (χ4n) is 2.96. The molecule has 0 radical (unpaired) electrons. The fourth-order valence-corrected chi connectivity index (χ4v) is 4.38. The highest BCUT2D eigenvalue weighted by Gasteiger charge is 2.27. The Morgan fingerprint density at radius 2 is 1.75 bits per heavy atom. The van der Waals surface area contributed by atoms with Gasteiger partial charge in [-0.3, -0.25) is 10.2 Å². The number of nitrogen functional groups attached to an aromatic ring is 1. The summed E-state index contributed by atoms with van der Waals surface area (Å²) in [7, 11) is -4.08. The third-order valence-corrected chi connectivity index (χ3v) is 5.84. The summed E-state index contributed by atoms with van der Waals surface area (Å²) in [6, 6.07) is 17.0. The molecule has 0 aliphatic heterocycles. The average Bonchev–Trinajstić information content (AvgIpc) is 2.67. The van der Waals surface area contributed by atoms with Crippen molar-refractivity contribution >= 4 is 32.6 Å². The number of fused-ring (bicyclic) bond motifs is 1. The van der Waals surface area contributed by atoms with Crippen molar-refractivity contribution in [2.75, 3.05) is 0 Å². The Hall–Kier alpha value is -3.23. The number of amidine groups is 1. The molecule has 0 bridgehead atoms. The lowest BCUT2D eigenvalue weighted by atomic mass is 10.0. The monoisotopic (exact) mass is 397 g/mol. The van der Waals surface area contributed by atoms with E-state index in [0.717, 1.165) is 5.39 Å². The van der Waals surface area contributed by atoms with Crippen LogP contribution < -0.4 is 10.5 Å². The molecule has 0 aliphatic rings. The van der Waals surface area contributed by atoms with Crippen molar-refractivity contribution in [1.82, 2.24) is 4.72 Å². The second-order valence-electron chi connectivity index (χ2n) is 6.31. The molecule has 0 fully saturated rings. The number of nitrogens with two attached hydrogens (primary N) is 1. The zero-order valence-electron chi connectivity index (χ0n) is 14.8. The molecule has 0 unspecified atom stereocenters. The van der Waals surface area contributed by atoms with Gasteiger partial charge in [-0.2, -0.15) is 4.72 Å². The Kier molecular flexibility index (Phi) is 5.43. The topological polar surface area (TPSA) is 133 Å². The van der Waals surface area contributed by atoms with E-state index < -0.39 is 22.0 Å². The van der Waals surface area contributed by atoms with Crippen molar-refractivity contribution in [3.05, 3.63) is 77.9 Å². The highest BCUT2D eigenvalue weighted by Crippen LogP contribution is 2.23. The van der Waals surface area contributed by atoms with E-state index in [1.165, 1.54) is 6.07 Å². The minimum absolute atomic E-state index is 0.0225.